The number of imidazole rings is 1. The van der Waals surface area contributed by atoms with Crippen molar-refractivity contribution >= 4 is 106 Å². The van der Waals surface area contributed by atoms with E-state index < -0.39 is 0 Å². The largest absolute Gasteiger partial charge is 0.456 e. The Kier molecular flexibility index (Phi) is 6.95. The molecule has 0 fully saturated rings. The van der Waals surface area contributed by atoms with Gasteiger partial charge in [-0.2, -0.15) is 0 Å². The molecule has 0 saturated heterocycles. The first-order valence-electron chi connectivity index (χ1n) is 22.8. The molecule has 13 aromatic rings. The van der Waals surface area contributed by atoms with Crippen LogP contribution in [0.25, 0.3) is 111 Å². The third kappa shape index (κ3) is 4.78. The van der Waals surface area contributed by atoms with Gasteiger partial charge >= 0.3 is 6.85 Å². The molecule has 0 radical (unpaired) electrons. The summed E-state index contributed by atoms with van der Waals surface area (Å²) < 4.78 is 18.1. The van der Waals surface area contributed by atoms with Crippen molar-refractivity contribution in [2.45, 2.75) is 26.2 Å². The monoisotopic (exact) mass is 846 g/mol. The fraction of sp³-hybridized carbons (Fsp3) is 0.0678. The van der Waals surface area contributed by atoms with Crippen molar-refractivity contribution in [1.29, 1.82) is 0 Å². The van der Waals surface area contributed by atoms with E-state index in [0.29, 0.717) is 0 Å². The van der Waals surface area contributed by atoms with Crippen molar-refractivity contribution in [3.8, 4) is 33.9 Å². The summed E-state index contributed by atoms with van der Waals surface area (Å²) in [5.41, 5.74) is 19.5. The van der Waals surface area contributed by atoms with Crippen LogP contribution in [0.2, 0.25) is 0 Å². The maximum absolute atomic E-state index is 6.64. The van der Waals surface area contributed by atoms with Crippen molar-refractivity contribution in [1.82, 2.24) is 14.1 Å². The summed E-state index contributed by atoms with van der Waals surface area (Å²) >= 11 is 0. The van der Waals surface area contributed by atoms with Crippen LogP contribution in [-0.4, -0.2) is 21.0 Å². The van der Waals surface area contributed by atoms with Crippen molar-refractivity contribution in [3.63, 3.8) is 0 Å². The Bertz CT molecular complexity index is 4210. The predicted octanol–water partition coefficient (Wildman–Crippen LogP) is 14.1. The topological polar surface area (TPSA) is 52.3 Å². The van der Waals surface area contributed by atoms with Crippen LogP contribution >= 0.6 is 0 Å². The van der Waals surface area contributed by atoms with Gasteiger partial charge in [-0.1, -0.05) is 130 Å². The van der Waals surface area contributed by atoms with Crippen LogP contribution in [-0.2, 0) is 5.41 Å². The molecule has 0 spiro atoms. The summed E-state index contributed by atoms with van der Waals surface area (Å²) in [6.07, 6.45) is 0. The van der Waals surface area contributed by atoms with Crippen LogP contribution in [0, 0.1) is 0 Å². The van der Waals surface area contributed by atoms with Crippen LogP contribution in [0.15, 0.2) is 191 Å². The van der Waals surface area contributed by atoms with Crippen LogP contribution < -0.4 is 15.7 Å². The first-order valence-corrected chi connectivity index (χ1v) is 22.8. The van der Waals surface area contributed by atoms with E-state index in [1.54, 1.807) is 0 Å². The van der Waals surface area contributed by atoms with E-state index in [1.165, 1.54) is 38.3 Å². The second-order valence-corrected chi connectivity index (χ2v) is 19.1. The van der Waals surface area contributed by atoms with E-state index in [9.17, 15) is 0 Å². The Morgan fingerprint density at radius 3 is 1.86 bits per heavy atom. The molecule has 2 aliphatic rings. The second kappa shape index (κ2) is 12.7. The van der Waals surface area contributed by atoms with Gasteiger partial charge in [0.1, 0.15) is 28.2 Å². The van der Waals surface area contributed by atoms with Gasteiger partial charge in [0.2, 0.25) is 0 Å². The lowest BCUT2D eigenvalue weighted by molar-refractivity contribution is 0.590. The SMILES string of the molecule is CC(C)(C)c1ccc(N2B3c4cc5nc(-c6ccccc6)n(-c6ccccc6)c5cc4-n4c5cc6oc7ccccc7c6cc5c5ccc(c3c54)-c3cc4oc5ccccc5c4cc32)cc1. The molecular weight excluding hydrogens is 807 g/mol. The summed E-state index contributed by atoms with van der Waals surface area (Å²) in [5.74, 6) is 0.904. The molecule has 0 bridgehead atoms. The molecule has 0 aliphatic carbocycles. The number of nitrogens with zero attached hydrogens (tertiary/aromatic N) is 4. The van der Waals surface area contributed by atoms with E-state index in [4.69, 9.17) is 13.8 Å². The average Bonchev–Trinajstić information content (AvgIpc) is 4.10. The minimum absolute atomic E-state index is 0.00149. The number of para-hydroxylation sites is 3. The molecule has 4 aromatic heterocycles. The molecule has 310 valence electrons. The summed E-state index contributed by atoms with van der Waals surface area (Å²) in [6.45, 7) is 6.65. The normalized spacial score (nSPS) is 13.3. The quantitative estimate of drug-likeness (QED) is 0.166. The number of benzene rings is 9. The van der Waals surface area contributed by atoms with Crippen molar-refractivity contribution < 1.29 is 8.83 Å². The fourth-order valence-electron chi connectivity index (χ4n) is 11.4. The van der Waals surface area contributed by atoms with E-state index in [2.05, 4.69) is 211 Å². The number of hydrogen-bond acceptors (Lipinski definition) is 4. The fourth-order valence-corrected chi connectivity index (χ4v) is 11.4. The number of rotatable bonds is 3. The molecule has 6 heterocycles. The lowest BCUT2D eigenvalue weighted by Crippen LogP contribution is -2.60. The molecular formula is C59H39BN4O2. The highest BCUT2D eigenvalue weighted by Crippen LogP contribution is 2.49. The molecule has 0 atom stereocenters. The first kappa shape index (κ1) is 36.1. The van der Waals surface area contributed by atoms with Crippen LogP contribution in [0.3, 0.4) is 0 Å². The number of furan rings is 2. The summed E-state index contributed by atoms with van der Waals surface area (Å²) in [7, 11) is 0. The first-order chi connectivity index (χ1) is 32.4. The molecule has 7 heteroatoms. The van der Waals surface area contributed by atoms with Gasteiger partial charge in [-0.05, 0) is 94.2 Å². The lowest BCUT2D eigenvalue weighted by atomic mass is 9.44. The van der Waals surface area contributed by atoms with Gasteiger partial charge in [-0.3, -0.25) is 4.57 Å². The highest BCUT2D eigenvalue weighted by Gasteiger charge is 2.45. The molecule has 6 nitrogen and oxygen atoms in total. The zero-order chi connectivity index (χ0) is 43.6. The smallest absolute Gasteiger partial charge is 0.333 e. The third-order valence-electron chi connectivity index (χ3n) is 14.4. The van der Waals surface area contributed by atoms with Crippen LogP contribution in [0.4, 0.5) is 11.4 Å². The Balaban J connectivity index is 1.12. The number of fused-ring (bicyclic) bond motifs is 15. The maximum atomic E-state index is 6.64. The summed E-state index contributed by atoms with van der Waals surface area (Å²) in [5, 5.41) is 6.87. The Hall–Kier alpha value is -8.29. The van der Waals surface area contributed by atoms with Gasteiger partial charge in [0.05, 0.1) is 22.1 Å². The van der Waals surface area contributed by atoms with Crippen molar-refractivity contribution in [2.75, 3.05) is 4.81 Å². The average molecular weight is 847 g/mol. The Morgan fingerprint density at radius 1 is 0.470 bits per heavy atom. The minimum Gasteiger partial charge on any atom is -0.456 e. The number of hydrogen-bond donors (Lipinski definition) is 0. The highest BCUT2D eigenvalue weighted by atomic mass is 16.3. The van der Waals surface area contributed by atoms with E-state index in [-0.39, 0.29) is 12.3 Å². The van der Waals surface area contributed by atoms with Crippen molar-refractivity contribution in [2.24, 2.45) is 0 Å². The summed E-state index contributed by atoms with van der Waals surface area (Å²) in [6, 6.07) is 66.1. The zero-order valence-corrected chi connectivity index (χ0v) is 36.5. The zero-order valence-electron chi connectivity index (χ0n) is 36.5. The minimum atomic E-state index is -0.200. The maximum Gasteiger partial charge on any atom is 0.333 e. The molecule has 9 aromatic carbocycles. The molecule has 66 heavy (non-hydrogen) atoms. The Morgan fingerprint density at radius 2 is 1.14 bits per heavy atom. The third-order valence-corrected chi connectivity index (χ3v) is 14.4. The van der Waals surface area contributed by atoms with E-state index >= 15 is 0 Å². The van der Waals surface area contributed by atoms with Gasteiger partial charge < -0.3 is 18.2 Å². The number of aromatic nitrogens is 3. The number of anilines is 2. The predicted molar refractivity (Wildman–Crippen MR) is 273 cm³/mol. The molecule has 0 saturated carbocycles. The van der Waals surface area contributed by atoms with E-state index in [1.807, 2.05) is 6.07 Å². The highest BCUT2D eigenvalue weighted by molar-refractivity contribution is 6.94. The lowest BCUT2D eigenvalue weighted by Gasteiger charge is -2.42. The van der Waals surface area contributed by atoms with Gasteiger partial charge in [-0.25, -0.2) is 4.98 Å². The molecule has 0 N–H and O–H groups in total. The van der Waals surface area contributed by atoms with Gasteiger partial charge in [0.15, 0.2) is 0 Å². The molecule has 2 aliphatic heterocycles. The Labute approximate surface area is 379 Å². The summed E-state index contributed by atoms with van der Waals surface area (Å²) in [4.78, 5) is 8.15. The van der Waals surface area contributed by atoms with Gasteiger partial charge in [0.25, 0.3) is 0 Å². The van der Waals surface area contributed by atoms with Gasteiger partial charge in [-0.15, -0.1) is 0 Å². The molecule has 0 unspecified atom stereocenters. The van der Waals surface area contributed by atoms with Crippen LogP contribution in [0.1, 0.15) is 26.3 Å². The molecule has 0 amide bonds. The molecule has 15 rings (SSSR count). The second-order valence-electron chi connectivity index (χ2n) is 19.1. The van der Waals surface area contributed by atoms with Crippen LogP contribution in [0.5, 0.6) is 0 Å². The van der Waals surface area contributed by atoms with Gasteiger partial charge in [0, 0.05) is 72.3 Å². The van der Waals surface area contributed by atoms with E-state index in [0.717, 1.165) is 100 Å². The standard InChI is InChI=1S/C59H39BN4O2/c1-59(2,3)35-22-24-37(25-23-35)64-49-29-45-39-19-11-13-21-53(39)65-54(45)30-43(49)40-26-27-41-42-28-44-38-18-10-12-20-52(38)66-55(44)33-48(42)63-50-32-51-47(31-46(50)60(64)56(40)57(41)63)61-58(34-14-6-4-7-15-34)62(51)36-16-8-5-9-17-36/h4-33H,1-3H3. The van der Waals surface area contributed by atoms with Crippen molar-refractivity contribution in [3.05, 3.63) is 188 Å².